The predicted molar refractivity (Wildman–Crippen MR) is 87.4 cm³/mol. The van der Waals surface area contributed by atoms with E-state index >= 15 is 0 Å². The van der Waals surface area contributed by atoms with Gasteiger partial charge in [0.25, 0.3) is 0 Å². The van der Waals surface area contributed by atoms with Crippen molar-refractivity contribution in [2.45, 2.75) is 26.7 Å². The quantitative estimate of drug-likeness (QED) is 0.407. The molecule has 8 nitrogen and oxygen atoms in total. The lowest BCUT2D eigenvalue weighted by Crippen LogP contribution is -2.39. The van der Waals surface area contributed by atoms with E-state index < -0.39 is 34.7 Å². The van der Waals surface area contributed by atoms with Crippen LogP contribution < -0.4 is 0 Å². The highest BCUT2D eigenvalue weighted by Crippen LogP contribution is 2.75. The third kappa shape index (κ3) is 2.51. The standard InChI is InChI=1S/C18H20N2O6/c1-4-24-14(21)17(11-19)13(12-9-7-8-10-20-12)18(17,15(22)25-5-2)16(23)26-6-3/h7-10,13H,4-6H2,1-3H3/t13-,17+/m0/s1. The van der Waals surface area contributed by atoms with Crippen molar-refractivity contribution in [2.75, 3.05) is 19.8 Å². The first kappa shape index (κ1) is 19.4. The number of nitrogens with zero attached hydrogens (tertiary/aromatic N) is 2. The topological polar surface area (TPSA) is 116 Å². The summed E-state index contributed by atoms with van der Waals surface area (Å²) in [6.45, 7) is 4.62. The van der Waals surface area contributed by atoms with Crippen LogP contribution in [0, 0.1) is 22.2 Å². The van der Waals surface area contributed by atoms with E-state index in [9.17, 15) is 19.6 Å². The zero-order valence-electron chi connectivity index (χ0n) is 14.9. The first-order valence-electron chi connectivity index (χ1n) is 8.32. The first-order chi connectivity index (χ1) is 12.5. The second kappa shape index (κ2) is 7.52. The minimum atomic E-state index is -2.14. The van der Waals surface area contributed by atoms with Crippen LogP contribution in [0.2, 0.25) is 0 Å². The molecule has 1 saturated carbocycles. The zero-order chi connectivity index (χ0) is 19.4. The maximum Gasteiger partial charge on any atom is 0.329 e. The van der Waals surface area contributed by atoms with Crippen molar-refractivity contribution in [3.05, 3.63) is 30.1 Å². The molecule has 1 heterocycles. The molecule has 0 amide bonds. The van der Waals surface area contributed by atoms with Crippen LogP contribution in [-0.4, -0.2) is 42.7 Å². The maximum atomic E-state index is 12.8. The van der Waals surface area contributed by atoms with E-state index in [4.69, 9.17) is 14.2 Å². The Kier molecular flexibility index (Phi) is 5.60. The van der Waals surface area contributed by atoms with Crippen LogP contribution >= 0.6 is 0 Å². The summed E-state index contributed by atoms with van der Waals surface area (Å²) in [5, 5.41) is 9.86. The Hall–Kier alpha value is -2.95. The average Bonchev–Trinajstić information content (AvgIpc) is 3.29. The number of ether oxygens (including phenoxy) is 3. The molecule has 2 atom stereocenters. The van der Waals surface area contributed by atoms with Crippen molar-refractivity contribution in [3.63, 3.8) is 0 Å². The predicted octanol–water partition coefficient (Wildman–Crippen LogP) is 1.36. The number of aromatic nitrogens is 1. The summed E-state index contributed by atoms with van der Waals surface area (Å²) in [5.41, 5.74) is -3.99. The van der Waals surface area contributed by atoms with E-state index in [1.165, 1.54) is 12.3 Å². The molecule has 0 unspecified atom stereocenters. The highest BCUT2D eigenvalue weighted by atomic mass is 16.6. The van der Waals surface area contributed by atoms with Gasteiger partial charge in [-0.3, -0.25) is 19.4 Å². The van der Waals surface area contributed by atoms with Crippen molar-refractivity contribution < 1.29 is 28.6 Å². The van der Waals surface area contributed by atoms with E-state index in [2.05, 4.69) is 4.98 Å². The number of pyridine rings is 1. The Morgan fingerprint density at radius 2 is 1.58 bits per heavy atom. The fraction of sp³-hybridized carbons (Fsp3) is 0.500. The van der Waals surface area contributed by atoms with Crippen molar-refractivity contribution in [3.8, 4) is 6.07 Å². The van der Waals surface area contributed by atoms with E-state index in [1.54, 1.807) is 32.9 Å². The molecule has 1 aliphatic carbocycles. The largest absolute Gasteiger partial charge is 0.465 e. The van der Waals surface area contributed by atoms with Gasteiger partial charge in [-0.15, -0.1) is 0 Å². The molecule has 0 bridgehead atoms. The lowest BCUT2D eigenvalue weighted by molar-refractivity contribution is -0.170. The smallest absolute Gasteiger partial charge is 0.329 e. The number of carbonyl (C=O) groups is 3. The van der Waals surface area contributed by atoms with Gasteiger partial charge in [-0.2, -0.15) is 5.26 Å². The maximum absolute atomic E-state index is 12.8. The van der Waals surface area contributed by atoms with Crippen molar-refractivity contribution in [1.82, 2.24) is 4.98 Å². The van der Waals surface area contributed by atoms with Gasteiger partial charge in [-0.1, -0.05) is 6.07 Å². The molecule has 0 aromatic carbocycles. The number of carbonyl (C=O) groups excluding carboxylic acids is 3. The molecule has 0 radical (unpaired) electrons. The van der Waals surface area contributed by atoms with Crippen LogP contribution in [0.1, 0.15) is 32.4 Å². The summed E-state index contributed by atoms with van der Waals surface area (Å²) < 4.78 is 15.1. The third-order valence-electron chi connectivity index (χ3n) is 4.36. The SMILES string of the molecule is CCOC(=O)C1(C(=O)OCC)[C@@H](c2ccccn2)[C@]1(C#N)C(=O)OCC. The Morgan fingerprint density at radius 1 is 1.04 bits per heavy atom. The second-order valence-corrected chi connectivity index (χ2v) is 5.58. The molecule has 138 valence electrons. The summed E-state index contributed by atoms with van der Waals surface area (Å²) >= 11 is 0. The summed E-state index contributed by atoms with van der Waals surface area (Å²) in [6.07, 6.45) is 1.45. The van der Waals surface area contributed by atoms with Crippen LogP contribution in [0.5, 0.6) is 0 Å². The van der Waals surface area contributed by atoms with Crippen LogP contribution in [0.15, 0.2) is 24.4 Å². The highest BCUT2D eigenvalue weighted by Gasteiger charge is 2.93. The zero-order valence-corrected chi connectivity index (χ0v) is 14.9. The van der Waals surface area contributed by atoms with Gasteiger partial charge in [0.1, 0.15) is 0 Å². The number of hydrogen-bond acceptors (Lipinski definition) is 8. The Morgan fingerprint density at radius 3 is 2.00 bits per heavy atom. The molecule has 1 aromatic heterocycles. The molecular weight excluding hydrogens is 340 g/mol. The molecule has 1 aliphatic rings. The highest BCUT2D eigenvalue weighted by molar-refractivity contribution is 6.15. The number of hydrogen-bond donors (Lipinski definition) is 0. The fourth-order valence-corrected chi connectivity index (χ4v) is 3.32. The molecule has 0 saturated heterocycles. The lowest BCUT2D eigenvalue weighted by Gasteiger charge is -2.17. The first-order valence-corrected chi connectivity index (χ1v) is 8.32. The van der Waals surface area contributed by atoms with Crippen molar-refractivity contribution >= 4 is 17.9 Å². The van der Waals surface area contributed by atoms with E-state index in [-0.39, 0.29) is 25.5 Å². The second-order valence-electron chi connectivity index (χ2n) is 5.58. The number of esters is 3. The van der Waals surface area contributed by atoms with Crippen LogP contribution in [0.4, 0.5) is 0 Å². The molecule has 1 aromatic rings. The molecule has 0 spiro atoms. The van der Waals surface area contributed by atoms with Crippen LogP contribution in [0.25, 0.3) is 0 Å². The van der Waals surface area contributed by atoms with Gasteiger partial charge in [-0.25, -0.2) is 0 Å². The minimum absolute atomic E-state index is 0.0149. The molecule has 26 heavy (non-hydrogen) atoms. The number of nitriles is 1. The number of rotatable bonds is 7. The van der Waals surface area contributed by atoms with Gasteiger partial charge >= 0.3 is 17.9 Å². The van der Waals surface area contributed by atoms with Gasteiger partial charge in [0.2, 0.25) is 5.41 Å². The molecule has 8 heteroatoms. The summed E-state index contributed by atoms with van der Waals surface area (Å²) in [4.78, 5) is 42.4. The molecule has 2 rings (SSSR count). The average molecular weight is 360 g/mol. The minimum Gasteiger partial charge on any atom is -0.465 e. The summed E-state index contributed by atoms with van der Waals surface area (Å²) in [6, 6.07) is 6.65. The normalized spacial score (nSPS) is 22.6. The van der Waals surface area contributed by atoms with E-state index in [1.807, 2.05) is 6.07 Å². The van der Waals surface area contributed by atoms with E-state index in [0.717, 1.165) is 0 Å². The Labute approximate surface area is 151 Å². The molecule has 0 N–H and O–H groups in total. The van der Waals surface area contributed by atoms with Crippen molar-refractivity contribution in [2.24, 2.45) is 10.8 Å². The van der Waals surface area contributed by atoms with Crippen LogP contribution in [0.3, 0.4) is 0 Å². The molecular formula is C18H20N2O6. The van der Waals surface area contributed by atoms with Gasteiger partial charge in [0, 0.05) is 11.9 Å². The Bertz CT molecular complexity index is 724. The van der Waals surface area contributed by atoms with Gasteiger partial charge in [-0.05, 0) is 32.9 Å². The van der Waals surface area contributed by atoms with Gasteiger partial charge < -0.3 is 14.2 Å². The monoisotopic (exact) mass is 360 g/mol. The van der Waals surface area contributed by atoms with Crippen molar-refractivity contribution in [1.29, 1.82) is 5.26 Å². The summed E-state index contributed by atoms with van der Waals surface area (Å²) in [7, 11) is 0. The molecule has 0 aliphatic heterocycles. The van der Waals surface area contributed by atoms with Gasteiger partial charge in [0.05, 0.1) is 31.8 Å². The third-order valence-corrected chi connectivity index (χ3v) is 4.36. The van der Waals surface area contributed by atoms with E-state index in [0.29, 0.717) is 0 Å². The van der Waals surface area contributed by atoms with Crippen LogP contribution in [-0.2, 0) is 28.6 Å². The molecule has 1 fully saturated rings. The summed E-state index contributed by atoms with van der Waals surface area (Å²) in [5.74, 6) is -4.12. The Balaban J connectivity index is 2.71. The van der Waals surface area contributed by atoms with Gasteiger partial charge in [0.15, 0.2) is 5.41 Å². The fourth-order valence-electron chi connectivity index (χ4n) is 3.32. The lowest BCUT2D eigenvalue weighted by atomic mass is 9.93.